The van der Waals surface area contributed by atoms with Crippen LogP contribution < -0.4 is 15.5 Å². The summed E-state index contributed by atoms with van der Waals surface area (Å²) in [6.45, 7) is 5.60. The maximum absolute atomic E-state index is 13.2. The zero-order valence-electron chi connectivity index (χ0n) is 18.6. The van der Waals surface area contributed by atoms with E-state index in [1.54, 1.807) is 29.2 Å². The van der Waals surface area contributed by atoms with Crippen LogP contribution in [0.15, 0.2) is 48.7 Å². The monoisotopic (exact) mass is 463 g/mol. The molecule has 1 unspecified atom stereocenters. The molecule has 178 valence electrons. The molecule has 2 N–H and O–H groups in total. The molecule has 0 bridgehead atoms. The summed E-state index contributed by atoms with van der Waals surface area (Å²) in [5, 5.41) is 5.50. The molecule has 10 heteroatoms. The molecule has 3 amide bonds. The molecule has 1 aliphatic rings. The van der Waals surface area contributed by atoms with Crippen molar-refractivity contribution in [3.8, 4) is 0 Å². The molecular formula is C23H28F3N5O2. The van der Waals surface area contributed by atoms with Gasteiger partial charge in [0.15, 0.2) is 0 Å². The number of hydrogen-bond donors (Lipinski definition) is 2. The number of carbonyl (C=O) groups is 2. The lowest BCUT2D eigenvalue weighted by Gasteiger charge is -2.29. The maximum atomic E-state index is 13.2. The number of alkyl halides is 3. The molecule has 2 heterocycles. The summed E-state index contributed by atoms with van der Waals surface area (Å²) < 4.78 is 38.4. The second kappa shape index (κ2) is 10.5. The van der Waals surface area contributed by atoms with Gasteiger partial charge < -0.3 is 20.4 Å². The second-order valence-electron chi connectivity index (χ2n) is 8.25. The quantitative estimate of drug-likeness (QED) is 0.703. The van der Waals surface area contributed by atoms with Crippen molar-refractivity contribution in [1.82, 2.24) is 15.2 Å². The molecule has 1 atom stereocenters. The molecule has 2 aromatic rings. The fourth-order valence-corrected chi connectivity index (χ4v) is 3.65. The van der Waals surface area contributed by atoms with Crippen LogP contribution in [0.2, 0.25) is 0 Å². The summed E-state index contributed by atoms with van der Waals surface area (Å²) in [6.07, 6.45) is -2.97. The molecule has 0 aliphatic carbocycles. The fourth-order valence-electron chi connectivity index (χ4n) is 3.65. The van der Waals surface area contributed by atoms with E-state index >= 15 is 0 Å². The molecule has 3 rings (SSSR count). The number of carbonyl (C=O) groups excluding carboxylic acids is 2. The van der Waals surface area contributed by atoms with Crippen molar-refractivity contribution in [2.75, 3.05) is 36.4 Å². The van der Waals surface area contributed by atoms with Crippen LogP contribution in [-0.2, 0) is 11.0 Å². The van der Waals surface area contributed by atoms with Crippen LogP contribution in [0.3, 0.4) is 0 Å². The molecule has 1 saturated heterocycles. The number of benzene rings is 1. The number of amides is 3. The number of anilines is 2. The topological polar surface area (TPSA) is 77.6 Å². The fraction of sp³-hybridized carbons (Fsp3) is 0.435. The van der Waals surface area contributed by atoms with Gasteiger partial charge in [0, 0.05) is 38.1 Å². The first kappa shape index (κ1) is 24.3. The number of urea groups is 1. The number of pyridine rings is 1. The first-order chi connectivity index (χ1) is 15.6. The van der Waals surface area contributed by atoms with E-state index in [1.165, 1.54) is 6.07 Å². The Labute approximate surface area is 191 Å². The number of halogens is 3. The number of nitrogens with zero attached hydrogens (tertiary/aromatic N) is 3. The van der Waals surface area contributed by atoms with Crippen molar-refractivity contribution in [2.24, 2.45) is 5.92 Å². The van der Waals surface area contributed by atoms with E-state index in [4.69, 9.17) is 0 Å². The first-order valence-corrected chi connectivity index (χ1v) is 10.8. The average Bonchev–Trinajstić information content (AvgIpc) is 3.03. The zero-order chi connectivity index (χ0) is 24.0. The van der Waals surface area contributed by atoms with E-state index in [9.17, 15) is 22.8 Å². The normalized spacial score (nSPS) is 15.7. The Morgan fingerprint density at radius 2 is 1.73 bits per heavy atom. The van der Waals surface area contributed by atoms with E-state index in [0.717, 1.165) is 12.3 Å². The minimum absolute atomic E-state index is 0.130. The molecule has 0 spiro atoms. The Hall–Kier alpha value is -3.30. The van der Waals surface area contributed by atoms with Crippen LogP contribution in [0, 0.1) is 5.92 Å². The van der Waals surface area contributed by atoms with E-state index in [0.29, 0.717) is 44.1 Å². The summed E-state index contributed by atoms with van der Waals surface area (Å²) in [7, 11) is 0. The third-order valence-electron chi connectivity index (χ3n) is 5.46. The lowest BCUT2D eigenvalue weighted by Crippen LogP contribution is -2.53. The molecule has 7 nitrogen and oxygen atoms in total. The highest BCUT2D eigenvalue weighted by Gasteiger charge is 2.32. The van der Waals surface area contributed by atoms with Gasteiger partial charge in [-0.3, -0.25) is 4.79 Å². The average molecular weight is 464 g/mol. The van der Waals surface area contributed by atoms with Gasteiger partial charge in [-0.2, -0.15) is 13.2 Å². The summed E-state index contributed by atoms with van der Waals surface area (Å²) in [6, 6.07) is 10.2. The SMILES string of the molecule is CC(C)C(NC(=O)Nc1ccccc1)C(=O)N1CCCN(c2ccc(C(F)(F)F)cn2)CC1. The summed E-state index contributed by atoms with van der Waals surface area (Å²) in [5.41, 5.74) is -0.170. The third-order valence-corrected chi connectivity index (χ3v) is 5.46. The molecule has 1 aliphatic heterocycles. The summed E-state index contributed by atoms with van der Waals surface area (Å²) in [5.74, 6) is 0.128. The number of aromatic nitrogens is 1. The smallest absolute Gasteiger partial charge is 0.355 e. The van der Waals surface area contributed by atoms with Gasteiger partial charge in [0.1, 0.15) is 11.9 Å². The lowest BCUT2D eigenvalue weighted by atomic mass is 10.0. The summed E-state index contributed by atoms with van der Waals surface area (Å²) >= 11 is 0. The predicted octanol–water partition coefficient (Wildman–Crippen LogP) is 3.99. The van der Waals surface area contributed by atoms with E-state index in [-0.39, 0.29) is 11.8 Å². The van der Waals surface area contributed by atoms with Gasteiger partial charge in [0.2, 0.25) is 5.91 Å². The molecule has 1 aromatic heterocycles. The molecule has 0 saturated carbocycles. The highest BCUT2D eigenvalue weighted by Crippen LogP contribution is 2.29. The lowest BCUT2D eigenvalue weighted by molar-refractivity contribution is -0.138. The Bertz CT molecular complexity index is 935. The maximum Gasteiger partial charge on any atom is 0.417 e. The van der Waals surface area contributed by atoms with Crippen LogP contribution >= 0.6 is 0 Å². The highest BCUT2D eigenvalue weighted by molar-refractivity contribution is 5.93. The first-order valence-electron chi connectivity index (χ1n) is 10.8. The third kappa shape index (κ3) is 6.59. The Morgan fingerprint density at radius 1 is 1.00 bits per heavy atom. The Morgan fingerprint density at radius 3 is 2.33 bits per heavy atom. The van der Waals surface area contributed by atoms with E-state index in [2.05, 4.69) is 15.6 Å². The van der Waals surface area contributed by atoms with Crippen molar-refractivity contribution >= 4 is 23.4 Å². The van der Waals surface area contributed by atoms with E-state index in [1.807, 2.05) is 24.8 Å². The van der Waals surface area contributed by atoms with Crippen LogP contribution in [-0.4, -0.2) is 54.0 Å². The van der Waals surface area contributed by atoms with E-state index < -0.39 is 23.8 Å². The van der Waals surface area contributed by atoms with Gasteiger partial charge in [-0.15, -0.1) is 0 Å². The largest absolute Gasteiger partial charge is 0.417 e. The van der Waals surface area contributed by atoms with Crippen LogP contribution in [0.4, 0.5) is 29.5 Å². The van der Waals surface area contributed by atoms with Gasteiger partial charge in [-0.25, -0.2) is 9.78 Å². The molecule has 0 radical (unpaired) electrons. The zero-order valence-corrected chi connectivity index (χ0v) is 18.6. The standard InChI is InChI=1S/C23H28F3N5O2/c1-16(2)20(29-22(33)28-18-7-4-3-5-8-18)21(32)31-12-6-11-30(13-14-31)19-10-9-17(15-27-19)23(24,25)26/h3-5,7-10,15-16,20H,6,11-14H2,1-2H3,(H2,28,29,33). The second-order valence-corrected chi connectivity index (χ2v) is 8.25. The number of para-hydroxylation sites is 1. The molecule has 33 heavy (non-hydrogen) atoms. The number of nitrogens with one attached hydrogen (secondary N) is 2. The molecule has 1 fully saturated rings. The van der Waals surface area contributed by atoms with Gasteiger partial charge in [0.05, 0.1) is 5.56 Å². The predicted molar refractivity (Wildman–Crippen MR) is 120 cm³/mol. The van der Waals surface area contributed by atoms with Crippen molar-refractivity contribution in [3.63, 3.8) is 0 Å². The van der Waals surface area contributed by atoms with Gasteiger partial charge in [-0.1, -0.05) is 32.0 Å². The summed E-state index contributed by atoms with van der Waals surface area (Å²) in [4.78, 5) is 33.2. The van der Waals surface area contributed by atoms with Crippen molar-refractivity contribution in [3.05, 3.63) is 54.2 Å². The van der Waals surface area contributed by atoms with Gasteiger partial charge in [0.25, 0.3) is 0 Å². The highest BCUT2D eigenvalue weighted by atomic mass is 19.4. The minimum atomic E-state index is -4.43. The van der Waals surface area contributed by atoms with Crippen LogP contribution in [0.25, 0.3) is 0 Å². The number of hydrogen-bond acceptors (Lipinski definition) is 4. The van der Waals surface area contributed by atoms with Crippen molar-refractivity contribution < 1.29 is 22.8 Å². The Kier molecular flexibility index (Phi) is 7.78. The van der Waals surface area contributed by atoms with Gasteiger partial charge in [-0.05, 0) is 36.6 Å². The molecular weight excluding hydrogens is 435 g/mol. The van der Waals surface area contributed by atoms with Crippen LogP contribution in [0.1, 0.15) is 25.8 Å². The van der Waals surface area contributed by atoms with Crippen molar-refractivity contribution in [2.45, 2.75) is 32.5 Å². The minimum Gasteiger partial charge on any atom is -0.355 e. The van der Waals surface area contributed by atoms with Crippen molar-refractivity contribution in [1.29, 1.82) is 0 Å². The van der Waals surface area contributed by atoms with Crippen LogP contribution in [0.5, 0.6) is 0 Å². The number of rotatable bonds is 5. The van der Waals surface area contributed by atoms with Gasteiger partial charge >= 0.3 is 12.2 Å². The Balaban J connectivity index is 1.61. The molecule has 1 aromatic carbocycles.